The van der Waals surface area contributed by atoms with E-state index in [0.29, 0.717) is 0 Å². The van der Waals surface area contributed by atoms with Gasteiger partial charge >= 0.3 is 0 Å². The SMILES string of the molecule is C1=C(P(c2ccccc2)c2ccccc2)Cc2cccc(-c3ccccc3)c21. The predicted octanol–water partition coefficient (Wildman–Crippen LogP) is 6.38. The Morgan fingerprint density at radius 3 is 1.71 bits per heavy atom. The molecule has 5 rings (SSSR count). The molecule has 0 unspecified atom stereocenters. The summed E-state index contributed by atoms with van der Waals surface area (Å²) >= 11 is 0. The Kier molecular flexibility index (Phi) is 4.65. The lowest BCUT2D eigenvalue weighted by molar-refractivity contribution is 1.29. The van der Waals surface area contributed by atoms with E-state index in [-0.39, 0.29) is 0 Å². The lowest BCUT2D eigenvalue weighted by Crippen LogP contribution is -2.12. The van der Waals surface area contributed by atoms with Gasteiger partial charge in [0.15, 0.2) is 0 Å². The predicted molar refractivity (Wildman–Crippen MR) is 123 cm³/mol. The van der Waals surface area contributed by atoms with E-state index < -0.39 is 7.92 Å². The monoisotopic (exact) mass is 376 g/mol. The first-order valence-corrected chi connectivity index (χ1v) is 11.0. The van der Waals surface area contributed by atoms with Crippen molar-refractivity contribution in [1.82, 2.24) is 0 Å². The largest absolute Gasteiger partial charge is 0.0622 e. The van der Waals surface area contributed by atoms with Gasteiger partial charge < -0.3 is 0 Å². The summed E-state index contributed by atoms with van der Waals surface area (Å²) in [6.07, 6.45) is 3.49. The highest BCUT2D eigenvalue weighted by Gasteiger charge is 2.25. The Balaban J connectivity index is 1.63. The first-order chi connectivity index (χ1) is 13.9. The maximum Gasteiger partial charge on any atom is -0.000862 e. The number of rotatable bonds is 4. The summed E-state index contributed by atoms with van der Waals surface area (Å²) in [5, 5.41) is 4.37. The van der Waals surface area contributed by atoms with E-state index in [2.05, 4.69) is 115 Å². The van der Waals surface area contributed by atoms with Gasteiger partial charge in [-0.3, -0.25) is 0 Å². The van der Waals surface area contributed by atoms with Crippen LogP contribution in [0.1, 0.15) is 11.1 Å². The van der Waals surface area contributed by atoms with Gasteiger partial charge in [0.2, 0.25) is 0 Å². The lowest BCUT2D eigenvalue weighted by Gasteiger charge is -2.20. The molecule has 28 heavy (non-hydrogen) atoms. The van der Waals surface area contributed by atoms with Gasteiger partial charge in [-0.05, 0) is 58.6 Å². The van der Waals surface area contributed by atoms with Crippen molar-refractivity contribution in [2.24, 2.45) is 0 Å². The Morgan fingerprint density at radius 2 is 1.11 bits per heavy atom. The van der Waals surface area contributed by atoms with Gasteiger partial charge in [-0.1, -0.05) is 109 Å². The van der Waals surface area contributed by atoms with E-state index in [0.717, 1.165) is 6.42 Å². The average Bonchev–Trinajstić information content (AvgIpc) is 3.20. The fourth-order valence-electron chi connectivity index (χ4n) is 4.00. The molecular weight excluding hydrogens is 355 g/mol. The van der Waals surface area contributed by atoms with Crippen LogP contribution in [0.4, 0.5) is 0 Å². The Bertz CT molecular complexity index is 1070. The van der Waals surface area contributed by atoms with Crippen molar-refractivity contribution < 1.29 is 0 Å². The van der Waals surface area contributed by atoms with Gasteiger partial charge in [-0.2, -0.15) is 0 Å². The Labute approximate surface area is 168 Å². The van der Waals surface area contributed by atoms with E-state index in [1.54, 1.807) is 0 Å². The van der Waals surface area contributed by atoms with Crippen LogP contribution in [0, 0.1) is 0 Å². The molecule has 0 nitrogen and oxygen atoms in total. The maximum absolute atomic E-state index is 2.46. The number of fused-ring (bicyclic) bond motifs is 1. The van der Waals surface area contributed by atoms with Gasteiger partial charge in [0.25, 0.3) is 0 Å². The number of hydrogen-bond acceptors (Lipinski definition) is 0. The summed E-state index contributed by atoms with van der Waals surface area (Å²) < 4.78 is 0. The molecule has 134 valence electrons. The van der Waals surface area contributed by atoms with Crippen LogP contribution in [0.3, 0.4) is 0 Å². The van der Waals surface area contributed by atoms with Crippen molar-refractivity contribution in [3.63, 3.8) is 0 Å². The molecular formula is C27H21P. The van der Waals surface area contributed by atoms with Gasteiger partial charge in [-0.25, -0.2) is 0 Å². The quantitative estimate of drug-likeness (QED) is 0.362. The van der Waals surface area contributed by atoms with E-state index >= 15 is 0 Å². The summed E-state index contributed by atoms with van der Waals surface area (Å²) in [5.74, 6) is 0. The second kappa shape index (κ2) is 7.58. The van der Waals surface area contributed by atoms with Gasteiger partial charge in [0.1, 0.15) is 0 Å². The highest BCUT2D eigenvalue weighted by molar-refractivity contribution is 7.77. The molecule has 0 bridgehead atoms. The smallest absolute Gasteiger partial charge is 0.000862 e. The zero-order chi connectivity index (χ0) is 18.8. The maximum atomic E-state index is 2.46. The topological polar surface area (TPSA) is 0 Å². The van der Waals surface area contributed by atoms with Crippen molar-refractivity contribution >= 4 is 24.6 Å². The van der Waals surface area contributed by atoms with Crippen molar-refractivity contribution in [1.29, 1.82) is 0 Å². The van der Waals surface area contributed by atoms with Gasteiger partial charge in [0, 0.05) is 0 Å². The number of hydrogen-bond donors (Lipinski definition) is 0. The second-order valence-electron chi connectivity index (χ2n) is 7.06. The molecule has 0 radical (unpaired) electrons. The normalized spacial score (nSPS) is 12.7. The van der Waals surface area contributed by atoms with E-state index in [1.807, 2.05) is 0 Å². The third-order valence-corrected chi connectivity index (χ3v) is 7.77. The number of allylic oxidation sites excluding steroid dienone is 1. The first-order valence-electron chi connectivity index (χ1n) is 9.68. The van der Waals surface area contributed by atoms with Crippen molar-refractivity contribution in [3.05, 3.63) is 126 Å². The minimum Gasteiger partial charge on any atom is -0.0622 e. The second-order valence-corrected chi connectivity index (χ2v) is 9.34. The Hall–Kier alpha value is -2.95. The standard InChI is InChI=1S/C27H21P/c1-4-11-21(12-5-1)26-18-10-13-22-19-25(20-27(22)26)28(23-14-6-2-7-15-23)24-16-8-3-9-17-24/h1-18,20H,19H2. The van der Waals surface area contributed by atoms with Gasteiger partial charge in [-0.15, -0.1) is 0 Å². The molecule has 0 atom stereocenters. The van der Waals surface area contributed by atoms with Crippen LogP contribution in [0.15, 0.2) is 115 Å². The summed E-state index contributed by atoms with van der Waals surface area (Å²) in [7, 11) is -0.519. The highest BCUT2D eigenvalue weighted by atomic mass is 31.1. The third kappa shape index (κ3) is 3.21. The van der Waals surface area contributed by atoms with Crippen LogP contribution >= 0.6 is 7.92 Å². The van der Waals surface area contributed by atoms with Crippen LogP contribution in [-0.4, -0.2) is 0 Å². The summed E-state index contributed by atoms with van der Waals surface area (Å²) in [4.78, 5) is 0. The van der Waals surface area contributed by atoms with Gasteiger partial charge in [0.05, 0.1) is 0 Å². The molecule has 0 aliphatic heterocycles. The van der Waals surface area contributed by atoms with Crippen LogP contribution in [-0.2, 0) is 6.42 Å². The molecule has 4 aromatic rings. The van der Waals surface area contributed by atoms with Crippen LogP contribution in [0.2, 0.25) is 0 Å². The molecule has 0 spiro atoms. The molecule has 0 saturated heterocycles. The molecule has 1 aliphatic rings. The van der Waals surface area contributed by atoms with Crippen LogP contribution in [0.25, 0.3) is 17.2 Å². The molecule has 0 amide bonds. The molecule has 0 saturated carbocycles. The summed E-state index contributed by atoms with van der Waals surface area (Å²) in [6.45, 7) is 0. The summed E-state index contributed by atoms with van der Waals surface area (Å²) in [6, 6.07) is 39.4. The average molecular weight is 376 g/mol. The molecule has 4 aromatic carbocycles. The fraction of sp³-hybridized carbons (Fsp3) is 0.0370. The van der Waals surface area contributed by atoms with Crippen LogP contribution < -0.4 is 10.6 Å². The summed E-state index contributed by atoms with van der Waals surface area (Å²) in [5.41, 5.74) is 5.46. The molecule has 0 aromatic heterocycles. The fourth-order valence-corrected chi connectivity index (χ4v) is 6.49. The van der Waals surface area contributed by atoms with Crippen molar-refractivity contribution in [2.75, 3.05) is 0 Å². The Morgan fingerprint density at radius 1 is 0.536 bits per heavy atom. The molecule has 0 fully saturated rings. The molecule has 0 heterocycles. The van der Waals surface area contributed by atoms with Crippen molar-refractivity contribution in [3.8, 4) is 11.1 Å². The number of benzene rings is 4. The zero-order valence-corrected chi connectivity index (χ0v) is 16.5. The zero-order valence-electron chi connectivity index (χ0n) is 15.6. The lowest BCUT2D eigenvalue weighted by atomic mass is 9.97. The third-order valence-electron chi connectivity index (χ3n) is 5.28. The van der Waals surface area contributed by atoms with Crippen molar-refractivity contribution in [2.45, 2.75) is 6.42 Å². The minimum atomic E-state index is -0.519. The molecule has 1 heteroatoms. The van der Waals surface area contributed by atoms with Crippen LogP contribution in [0.5, 0.6) is 0 Å². The molecule has 1 aliphatic carbocycles. The first kappa shape index (κ1) is 17.2. The van der Waals surface area contributed by atoms with E-state index in [4.69, 9.17) is 0 Å². The molecule has 0 N–H and O–H groups in total. The minimum absolute atomic E-state index is 0.519. The van der Waals surface area contributed by atoms with E-state index in [9.17, 15) is 0 Å². The highest BCUT2D eigenvalue weighted by Crippen LogP contribution is 2.49. The van der Waals surface area contributed by atoms with E-state index in [1.165, 1.54) is 38.2 Å².